The lowest BCUT2D eigenvalue weighted by molar-refractivity contribution is -0.419. The molecule has 0 fully saturated rings. The van der Waals surface area contributed by atoms with Crippen LogP contribution in [0.2, 0.25) is 0 Å². The largest absolute Gasteiger partial charge is 0.573 e. The normalized spacial score (nSPS) is 11.6. The van der Waals surface area contributed by atoms with Gasteiger partial charge in [-0.1, -0.05) is 0 Å². The van der Waals surface area contributed by atoms with Crippen molar-refractivity contribution >= 4 is 18.0 Å². The number of rotatable bonds is 7. The first-order valence-electron chi connectivity index (χ1n) is 10.8. The highest BCUT2D eigenvalue weighted by Crippen LogP contribution is 2.41. The van der Waals surface area contributed by atoms with Gasteiger partial charge in [-0.15, -0.1) is 13.2 Å². The maximum Gasteiger partial charge on any atom is 0.573 e. The van der Waals surface area contributed by atoms with Gasteiger partial charge in [-0.05, 0) is 55.0 Å². The van der Waals surface area contributed by atoms with E-state index in [0.717, 1.165) is 18.2 Å². The van der Waals surface area contributed by atoms with Crippen molar-refractivity contribution in [2.75, 3.05) is 5.32 Å². The average molecular weight is 614 g/mol. The van der Waals surface area contributed by atoms with E-state index in [1.165, 1.54) is 6.92 Å². The average Bonchev–Trinajstić information content (AvgIpc) is 2.81. The molecule has 0 radical (unpaired) electrons. The van der Waals surface area contributed by atoms with Crippen LogP contribution in [0.15, 0.2) is 48.5 Å². The van der Waals surface area contributed by atoms with Crippen molar-refractivity contribution in [3.05, 3.63) is 76.9 Å². The predicted molar refractivity (Wildman–Crippen MR) is 124 cm³/mol. The Balaban J connectivity index is 0.00000197. The van der Waals surface area contributed by atoms with E-state index in [1.807, 2.05) is 0 Å². The van der Waals surface area contributed by atoms with Gasteiger partial charge in [0.1, 0.15) is 22.9 Å². The number of hydrogen-bond donors (Lipinski definition) is 5. The molecule has 0 aliphatic heterocycles. The molecule has 0 aromatic heterocycles. The quantitative estimate of drug-likeness (QED) is 0.150. The zero-order valence-corrected chi connectivity index (χ0v) is 20.7. The maximum atomic E-state index is 15.0. The van der Waals surface area contributed by atoms with Crippen LogP contribution in [0.5, 0.6) is 23.0 Å². The van der Waals surface area contributed by atoms with E-state index in [2.05, 4.69) is 20.5 Å². The van der Waals surface area contributed by atoms with Gasteiger partial charge in [0.15, 0.2) is 17.3 Å². The van der Waals surface area contributed by atoms with E-state index >= 15 is 4.39 Å². The molecule has 228 valence electrons. The van der Waals surface area contributed by atoms with Gasteiger partial charge in [0, 0.05) is 11.8 Å². The summed E-state index contributed by atoms with van der Waals surface area (Å²) in [5, 5.41) is 29.4. The summed E-state index contributed by atoms with van der Waals surface area (Å²) in [5.41, 5.74) is 0.805. The molecule has 18 heteroatoms. The van der Waals surface area contributed by atoms with Gasteiger partial charge in [0.2, 0.25) is 6.41 Å². The molecular formula is C24H18F8N2O8. The van der Waals surface area contributed by atoms with E-state index < -0.39 is 70.4 Å². The highest BCUT2D eigenvalue weighted by molar-refractivity contribution is 6.06. The van der Waals surface area contributed by atoms with Crippen molar-refractivity contribution in [1.29, 1.82) is 0 Å². The maximum absolute atomic E-state index is 15.0. The highest BCUT2D eigenvalue weighted by Gasteiger charge is 2.38. The zero-order valence-electron chi connectivity index (χ0n) is 20.7. The van der Waals surface area contributed by atoms with Gasteiger partial charge in [0.25, 0.3) is 5.91 Å². The second-order valence-electron chi connectivity index (χ2n) is 7.79. The van der Waals surface area contributed by atoms with Gasteiger partial charge in [-0.25, -0.2) is 8.78 Å². The minimum Gasteiger partial charge on any atom is -0.453 e. The van der Waals surface area contributed by atoms with E-state index in [9.17, 15) is 35.5 Å². The van der Waals surface area contributed by atoms with Crippen molar-refractivity contribution in [2.24, 2.45) is 5.73 Å². The van der Waals surface area contributed by atoms with Crippen LogP contribution in [-0.4, -0.2) is 40.2 Å². The molecule has 3 rings (SSSR count). The fourth-order valence-corrected chi connectivity index (χ4v) is 3.11. The number of alkyl halides is 6. The molecule has 0 bridgehead atoms. The molecule has 3 aromatic rings. The summed E-state index contributed by atoms with van der Waals surface area (Å²) in [4.78, 5) is 21.4. The molecular weight excluding hydrogens is 596 g/mol. The highest BCUT2D eigenvalue weighted by atomic mass is 19.4. The summed E-state index contributed by atoms with van der Waals surface area (Å²) in [5.74, 6) is -8.22. The minimum atomic E-state index is -5.28. The third-order valence-corrected chi connectivity index (χ3v) is 4.67. The van der Waals surface area contributed by atoms with Gasteiger partial charge in [0.05, 0.1) is 5.56 Å². The van der Waals surface area contributed by atoms with Crippen LogP contribution in [0, 0.1) is 18.6 Å². The summed E-state index contributed by atoms with van der Waals surface area (Å²) in [6.45, 7) is 1.31. The number of primary amides is 1. The molecule has 6 N–H and O–H groups in total. The van der Waals surface area contributed by atoms with Gasteiger partial charge < -0.3 is 40.6 Å². The number of ether oxygens (including phenoxy) is 3. The Bertz CT molecular complexity index is 1440. The number of aliphatic hydroxyl groups is 3. The molecule has 0 heterocycles. The SMILES string of the molecule is Cc1cc(NC(=O)c2c(Oc3ccc(OC(F)(F)F)cc3OC(O)(O)O)ccc(C(F)(F)F)c2F)ccc1F.NC=O. The number of aryl methyl sites for hydroxylation is 1. The lowest BCUT2D eigenvalue weighted by Gasteiger charge is -2.21. The molecule has 2 amide bonds. The smallest absolute Gasteiger partial charge is 0.453 e. The van der Waals surface area contributed by atoms with Crippen molar-refractivity contribution in [3.63, 3.8) is 0 Å². The number of nitrogens with two attached hydrogens (primary N) is 1. The number of anilines is 1. The van der Waals surface area contributed by atoms with E-state index in [1.54, 1.807) is 0 Å². The summed E-state index contributed by atoms with van der Waals surface area (Å²) in [6, 6.07) is 5.26. The third-order valence-electron chi connectivity index (χ3n) is 4.67. The Labute approximate surface area is 229 Å². The first-order chi connectivity index (χ1) is 19.3. The summed E-state index contributed by atoms with van der Waals surface area (Å²) >= 11 is 0. The molecule has 0 aliphatic carbocycles. The van der Waals surface area contributed by atoms with Crippen LogP contribution in [0.25, 0.3) is 0 Å². The Morgan fingerprint density at radius 3 is 2.00 bits per heavy atom. The van der Waals surface area contributed by atoms with E-state index in [4.69, 9.17) is 24.9 Å². The van der Waals surface area contributed by atoms with Gasteiger partial charge >= 0.3 is 18.7 Å². The van der Waals surface area contributed by atoms with Crippen molar-refractivity contribution in [1.82, 2.24) is 0 Å². The lowest BCUT2D eigenvalue weighted by atomic mass is 10.1. The van der Waals surface area contributed by atoms with Gasteiger partial charge in [-0.3, -0.25) is 9.59 Å². The number of amides is 2. The Morgan fingerprint density at radius 2 is 1.48 bits per heavy atom. The fourth-order valence-electron chi connectivity index (χ4n) is 3.11. The minimum absolute atomic E-state index is 0.0252. The second-order valence-corrected chi connectivity index (χ2v) is 7.79. The van der Waals surface area contributed by atoms with E-state index in [-0.39, 0.29) is 23.7 Å². The van der Waals surface area contributed by atoms with Crippen LogP contribution in [0.3, 0.4) is 0 Å². The zero-order chi connectivity index (χ0) is 32.0. The van der Waals surface area contributed by atoms with Crippen LogP contribution in [0.4, 0.5) is 40.8 Å². The molecule has 0 unspecified atom stereocenters. The van der Waals surface area contributed by atoms with Crippen molar-refractivity contribution in [3.8, 4) is 23.0 Å². The van der Waals surface area contributed by atoms with Gasteiger partial charge in [-0.2, -0.15) is 13.2 Å². The number of carbonyl (C=O) groups is 2. The first kappa shape index (κ1) is 33.5. The van der Waals surface area contributed by atoms with Crippen molar-refractivity contribution < 1.29 is 74.2 Å². The topological polar surface area (TPSA) is 161 Å². The van der Waals surface area contributed by atoms with E-state index in [0.29, 0.717) is 24.3 Å². The van der Waals surface area contributed by atoms with Crippen LogP contribution in [-0.2, 0) is 11.0 Å². The van der Waals surface area contributed by atoms with Crippen molar-refractivity contribution in [2.45, 2.75) is 25.6 Å². The molecule has 42 heavy (non-hydrogen) atoms. The Morgan fingerprint density at radius 1 is 0.881 bits per heavy atom. The lowest BCUT2D eigenvalue weighted by Crippen LogP contribution is -2.34. The molecule has 3 aromatic carbocycles. The number of hydrogen-bond acceptors (Lipinski definition) is 8. The molecule has 0 saturated carbocycles. The molecule has 0 atom stereocenters. The molecule has 0 saturated heterocycles. The van der Waals surface area contributed by atoms with Crippen LogP contribution >= 0.6 is 0 Å². The summed E-state index contributed by atoms with van der Waals surface area (Å²) in [6.07, 6.45) is -14.3. The molecule has 0 aliphatic rings. The summed E-state index contributed by atoms with van der Waals surface area (Å²) in [7, 11) is 0. The fraction of sp³-hybridized carbons (Fsp3) is 0.167. The Hall–Kier alpha value is -4.68. The number of benzene rings is 3. The monoisotopic (exact) mass is 614 g/mol. The number of nitrogens with one attached hydrogen (secondary N) is 1. The standard InChI is InChI=1S/C23H15F8NO7.CH3NO/c1-10-8-11(2-5-14(10)24)32-20(33)18-16(7-4-13(19(18)25)21(26,27)28)37-15-6-3-12(38-22(29,30)31)9-17(15)39-23(34,35)36;2-1-3/h2-9,34-36H,1H3,(H,32,33);1H,(H2,2,3). The molecule has 10 nitrogen and oxygen atoms in total. The Kier molecular flexibility index (Phi) is 10.3. The van der Waals surface area contributed by atoms with Crippen LogP contribution in [0.1, 0.15) is 21.5 Å². The second kappa shape index (κ2) is 12.9. The van der Waals surface area contributed by atoms with Crippen LogP contribution < -0.4 is 25.3 Å². The summed E-state index contributed by atoms with van der Waals surface area (Å²) < 4.78 is 119. The number of carbonyl (C=O) groups excluding carboxylic acids is 2. The third kappa shape index (κ3) is 9.46. The number of halogens is 8. The first-order valence-corrected chi connectivity index (χ1v) is 10.8. The predicted octanol–water partition coefficient (Wildman–Crippen LogP) is 4.30. The molecule has 0 spiro atoms.